The van der Waals surface area contributed by atoms with Crippen molar-refractivity contribution in [3.8, 4) is 0 Å². The molecular weight excluding hydrogens is 317 g/mol. The van der Waals surface area contributed by atoms with Crippen LogP contribution in [0.25, 0.3) is 0 Å². The highest BCUT2D eigenvalue weighted by Gasteiger charge is 2.51. The van der Waals surface area contributed by atoms with Crippen molar-refractivity contribution in [1.82, 2.24) is 4.90 Å². The fourth-order valence-corrected chi connectivity index (χ4v) is 3.44. The molecule has 1 aromatic rings. The van der Waals surface area contributed by atoms with E-state index in [4.69, 9.17) is 9.31 Å². The van der Waals surface area contributed by atoms with Crippen molar-refractivity contribution in [1.29, 1.82) is 0 Å². The molecule has 0 unspecified atom stereocenters. The topological polar surface area (TPSA) is 59.0 Å². The van der Waals surface area contributed by atoms with Crippen LogP contribution in [0.3, 0.4) is 0 Å². The maximum absolute atomic E-state index is 13.0. The van der Waals surface area contributed by atoms with Gasteiger partial charge in [0.15, 0.2) is 0 Å². The summed E-state index contributed by atoms with van der Waals surface area (Å²) in [6.07, 6.45) is 1.80. The van der Waals surface area contributed by atoms with Gasteiger partial charge in [-0.15, -0.1) is 0 Å². The lowest BCUT2D eigenvalue weighted by atomic mass is 9.77. The molecule has 2 heterocycles. The smallest absolute Gasteiger partial charge is 0.399 e. The number of hydrogen-bond acceptors (Lipinski definition) is 4. The van der Waals surface area contributed by atoms with Gasteiger partial charge in [-0.2, -0.15) is 0 Å². The second-order valence-corrected chi connectivity index (χ2v) is 8.14. The molecule has 1 N–H and O–H groups in total. The van der Waals surface area contributed by atoms with Crippen molar-refractivity contribution >= 4 is 18.5 Å². The van der Waals surface area contributed by atoms with Gasteiger partial charge in [0.1, 0.15) is 0 Å². The number of amides is 1. The third-order valence-electron chi connectivity index (χ3n) is 5.87. The predicted octanol–water partition coefficient (Wildman–Crippen LogP) is 1.89. The lowest BCUT2D eigenvalue weighted by molar-refractivity contribution is 0.00578. The Morgan fingerprint density at radius 2 is 1.92 bits per heavy atom. The van der Waals surface area contributed by atoms with E-state index in [1.807, 2.05) is 52.8 Å². The van der Waals surface area contributed by atoms with Gasteiger partial charge >= 0.3 is 7.12 Å². The largest absolute Gasteiger partial charge is 0.494 e. The summed E-state index contributed by atoms with van der Waals surface area (Å²) < 4.78 is 12.2. The van der Waals surface area contributed by atoms with Crippen LogP contribution in [0.5, 0.6) is 0 Å². The molecule has 0 aliphatic carbocycles. The van der Waals surface area contributed by atoms with Crippen LogP contribution in [0, 0.1) is 6.92 Å². The number of aryl methyl sites for hydroxylation is 1. The molecule has 136 valence electrons. The number of benzene rings is 1. The summed E-state index contributed by atoms with van der Waals surface area (Å²) in [5.74, 6) is -0.0209. The summed E-state index contributed by atoms with van der Waals surface area (Å²) in [6, 6.07) is 5.71. The molecular formula is C19H28BNO4. The van der Waals surface area contributed by atoms with E-state index < -0.39 is 18.3 Å². The van der Waals surface area contributed by atoms with E-state index in [-0.39, 0.29) is 18.6 Å². The standard InChI is InChI=1S/C19H28BNO4/c1-13-8-9-14(20-24-18(2,3)19(4,5)25-20)11-16(13)17(23)21-10-6-7-15(21)12-22/h8-9,11,15,22H,6-7,10,12H2,1-5H3/t15-/m1/s1. The van der Waals surface area contributed by atoms with Gasteiger partial charge in [-0.3, -0.25) is 4.79 Å². The van der Waals surface area contributed by atoms with E-state index in [0.717, 1.165) is 23.9 Å². The molecule has 0 spiro atoms. The van der Waals surface area contributed by atoms with E-state index in [9.17, 15) is 9.90 Å². The first-order valence-corrected chi connectivity index (χ1v) is 9.04. The minimum atomic E-state index is -0.482. The Labute approximate surface area is 150 Å². The monoisotopic (exact) mass is 345 g/mol. The van der Waals surface area contributed by atoms with Gasteiger partial charge < -0.3 is 19.3 Å². The molecule has 2 fully saturated rings. The molecule has 1 atom stereocenters. The quantitative estimate of drug-likeness (QED) is 0.850. The van der Waals surface area contributed by atoms with Crippen LogP contribution in [-0.2, 0) is 9.31 Å². The Morgan fingerprint density at radius 1 is 1.28 bits per heavy atom. The van der Waals surface area contributed by atoms with Crippen LogP contribution >= 0.6 is 0 Å². The van der Waals surface area contributed by atoms with E-state index in [0.29, 0.717) is 12.1 Å². The van der Waals surface area contributed by atoms with Crippen LogP contribution in [-0.4, -0.2) is 53.4 Å². The minimum absolute atomic E-state index is 0.0156. The van der Waals surface area contributed by atoms with Gasteiger partial charge in [-0.25, -0.2) is 0 Å². The molecule has 0 aromatic heterocycles. The third-order valence-corrected chi connectivity index (χ3v) is 5.87. The average molecular weight is 345 g/mol. The third kappa shape index (κ3) is 3.23. The number of hydrogen-bond donors (Lipinski definition) is 1. The molecule has 5 nitrogen and oxygen atoms in total. The predicted molar refractivity (Wildman–Crippen MR) is 98.0 cm³/mol. The molecule has 3 rings (SSSR count). The maximum atomic E-state index is 13.0. The molecule has 6 heteroatoms. The SMILES string of the molecule is Cc1ccc(B2OC(C)(C)C(C)(C)O2)cc1C(=O)N1CCC[C@@H]1CO. The zero-order valence-electron chi connectivity index (χ0n) is 15.8. The molecule has 0 saturated carbocycles. The molecule has 2 aliphatic heterocycles. The summed E-state index contributed by atoms with van der Waals surface area (Å²) in [5.41, 5.74) is 1.61. The molecule has 1 aromatic carbocycles. The second kappa shape index (κ2) is 6.42. The number of likely N-dealkylation sites (tertiary alicyclic amines) is 1. The van der Waals surface area contributed by atoms with Gasteiger partial charge in [-0.05, 0) is 64.6 Å². The summed E-state index contributed by atoms with van der Waals surface area (Å²) in [4.78, 5) is 14.8. The Bertz CT molecular complexity index is 657. The summed E-state index contributed by atoms with van der Waals surface area (Å²) >= 11 is 0. The molecule has 0 radical (unpaired) electrons. The highest BCUT2D eigenvalue weighted by Crippen LogP contribution is 2.36. The van der Waals surface area contributed by atoms with Crippen LogP contribution in [0.15, 0.2) is 18.2 Å². The van der Waals surface area contributed by atoms with Crippen molar-refractivity contribution in [2.45, 2.75) is 64.7 Å². The van der Waals surface area contributed by atoms with Crippen LogP contribution < -0.4 is 5.46 Å². The van der Waals surface area contributed by atoms with Gasteiger partial charge in [0.25, 0.3) is 5.91 Å². The van der Waals surface area contributed by atoms with E-state index in [1.54, 1.807) is 4.90 Å². The Balaban J connectivity index is 1.88. The van der Waals surface area contributed by atoms with Gasteiger partial charge in [0, 0.05) is 12.1 Å². The summed E-state index contributed by atoms with van der Waals surface area (Å²) in [7, 11) is -0.482. The fraction of sp³-hybridized carbons (Fsp3) is 0.632. The van der Waals surface area contributed by atoms with Gasteiger partial charge in [0.05, 0.1) is 23.9 Å². The van der Waals surface area contributed by atoms with Gasteiger partial charge in [0.2, 0.25) is 0 Å². The summed E-state index contributed by atoms with van der Waals surface area (Å²) in [5, 5.41) is 9.51. The highest BCUT2D eigenvalue weighted by atomic mass is 16.7. The Hall–Kier alpha value is -1.37. The zero-order chi connectivity index (χ0) is 18.4. The molecule has 2 saturated heterocycles. The number of nitrogens with zero attached hydrogens (tertiary/aromatic N) is 1. The van der Waals surface area contributed by atoms with Crippen molar-refractivity contribution in [2.24, 2.45) is 0 Å². The van der Waals surface area contributed by atoms with E-state index >= 15 is 0 Å². The Morgan fingerprint density at radius 3 is 2.52 bits per heavy atom. The second-order valence-electron chi connectivity index (χ2n) is 8.14. The van der Waals surface area contributed by atoms with E-state index in [1.165, 1.54) is 0 Å². The molecule has 1 amide bonds. The number of aliphatic hydroxyl groups is 1. The van der Waals surface area contributed by atoms with Crippen molar-refractivity contribution < 1.29 is 19.2 Å². The van der Waals surface area contributed by atoms with Crippen LogP contribution in [0.2, 0.25) is 0 Å². The number of carbonyl (C=O) groups is 1. The minimum Gasteiger partial charge on any atom is -0.399 e. The molecule has 2 aliphatic rings. The van der Waals surface area contributed by atoms with Crippen molar-refractivity contribution in [2.75, 3.05) is 13.2 Å². The molecule has 0 bridgehead atoms. The first-order chi connectivity index (χ1) is 11.7. The van der Waals surface area contributed by atoms with Crippen molar-refractivity contribution in [3.05, 3.63) is 29.3 Å². The maximum Gasteiger partial charge on any atom is 0.494 e. The molecule has 25 heavy (non-hydrogen) atoms. The van der Waals surface area contributed by atoms with Crippen molar-refractivity contribution in [3.63, 3.8) is 0 Å². The van der Waals surface area contributed by atoms with E-state index in [2.05, 4.69) is 0 Å². The normalized spacial score (nSPS) is 24.8. The van der Waals surface area contributed by atoms with Gasteiger partial charge in [-0.1, -0.05) is 12.1 Å². The highest BCUT2D eigenvalue weighted by molar-refractivity contribution is 6.62. The first kappa shape index (κ1) is 18.4. The lowest BCUT2D eigenvalue weighted by Gasteiger charge is -2.32. The Kier molecular flexibility index (Phi) is 4.73. The average Bonchev–Trinajstić information content (AvgIpc) is 3.09. The summed E-state index contributed by atoms with van der Waals surface area (Å²) in [6.45, 7) is 10.7. The fourth-order valence-electron chi connectivity index (χ4n) is 3.44. The van der Waals surface area contributed by atoms with Crippen LogP contribution in [0.1, 0.15) is 56.5 Å². The number of rotatable bonds is 3. The lowest BCUT2D eigenvalue weighted by Crippen LogP contribution is -2.41. The van der Waals surface area contributed by atoms with Crippen LogP contribution in [0.4, 0.5) is 0 Å². The number of carbonyl (C=O) groups excluding carboxylic acids is 1. The number of aliphatic hydroxyl groups excluding tert-OH is 1. The first-order valence-electron chi connectivity index (χ1n) is 9.04. The zero-order valence-corrected chi connectivity index (χ0v) is 15.8.